The topological polar surface area (TPSA) is 72.5 Å². The maximum absolute atomic E-state index is 14.1. The molecule has 1 heterocycles. The van der Waals surface area contributed by atoms with E-state index < -0.39 is 30.4 Å². The molecule has 1 aliphatic carbocycles. The third kappa shape index (κ3) is 6.25. The number of anilines is 1. The third-order valence-electron chi connectivity index (χ3n) is 5.84. The Labute approximate surface area is 215 Å². The highest BCUT2D eigenvalue weighted by Gasteiger charge is 2.42. The first-order valence-corrected chi connectivity index (χ1v) is 11.8. The average Bonchev–Trinajstić information content (AvgIpc) is 3.69. The van der Waals surface area contributed by atoms with Gasteiger partial charge < -0.3 is 20.1 Å². The molecule has 0 spiro atoms. The number of pyridine rings is 1. The van der Waals surface area contributed by atoms with Gasteiger partial charge in [-0.05, 0) is 61.4 Å². The molecule has 1 fully saturated rings. The molecule has 11 heteroatoms. The number of aromatic nitrogens is 1. The van der Waals surface area contributed by atoms with Crippen molar-refractivity contribution in [2.75, 3.05) is 26.0 Å². The van der Waals surface area contributed by atoms with Gasteiger partial charge in [0.2, 0.25) is 0 Å². The molecule has 4 rings (SSSR count). The van der Waals surface area contributed by atoms with Crippen LogP contribution in [0.5, 0.6) is 11.5 Å². The minimum atomic E-state index is -4.71. The number of methoxy groups -OCH3 is 1. The van der Waals surface area contributed by atoms with Gasteiger partial charge in [-0.15, -0.1) is 0 Å². The lowest BCUT2D eigenvalue weighted by Crippen LogP contribution is -2.35. The van der Waals surface area contributed by atoms with Gasteiger partial charge in [-0.3, -0.25) is 4.79 Å². The van der Waals surface area contributed by atoms with Gasteiger partial charge in [-0.1, -0.05) is 11.6 Å². The molecule has 1 saturated carbocycles. The Kier molecular flexibility index (Phi) is 7.77. The van der Waals surface area contributed by atoms with E-state index in [1.165, 1.54) is 43.5 Å². The molecule has 0 saturated heterocycles. The summed E-state index contributed by atoms with van der Waals surface area (Å²) in [6.45, 7) is -0.750. The van der Waals surface area contributed by atoms with Crippen molar-refractivity contribution >= 4 is 23.2 Å². The van der Waals surface area contributed by atoms with Crippen LogP contribution in [-0.2, 0) is 0 Å². The molecule has 0 aliphatic heterocycles. The number of ether oxygens (including phenoxy) is 2. The van der Waals surface area contributed by atoms with Gasteiger partial charge in [0, 0.05) is 24.7 Å². The van der Waals surface area contributed by atoms with Gasteiger partial charge >= 0.3 is 6.18 Å². The van der Waals surface area contributed by atoms with Crippen LogP contribution >= 0.6 is 11.6 Å². The molecule has 37 heavy (non-hydrogen) atoms. The van der Waals surface area contributed by atoms with Crippen LogP contribution in [0.2, 0.25) is 5.02 Å². The van der Waals surface area contributed by atoms with Crippen molar-refractivity contribution in [3.8, 4) is 22.8 Å². The largest absolute Gasteiger partial charge is 0.493 e. The number of halogens is 5. The van der Waals surface area contributed by atoms with Gasteiger partial charge in [-0.2, -0.15) is 13.2 Å². The second-order valence-electron chi connectivity index (χ2n) is 8.50. The summed E-state index contributed by atoms with van der Waals surface area (Å²) in [5, 5.41) is 5.03. The molecule has 1 aliphatic rings. The number of nitrogens with zero attached hydrogens (tertiary/aromatic N) is 1. The van der Waals surface area contributed by atoms with E-state index in [1.54, 1.807) is 13.1 Å². The van der Waals surface area contributed by atoms with Crippen LogP contribution in [0.15, 0.2) is 48.5 Å². The summed E-state index contributed by atoms with van der Waals surface area (Å²) < 4.78 is 66.9. The van der Waals surface area contributed by atoms with Gasteiger partial charge in [0.05, 0.1) is 35.3 Å². The number of amides is 1. The predicted octanol–water partition coefficient (Wildman–Crippen LogP) is 6.21. The Morgan fingerprint density at radius 1 is 1.14 bits per heavy atom. The third-order valence-corrected chi connectivity index (χ3v) is 6.13. The lowest BCUT2D eigenvalue weighted by Gasteiger charge is -2.22. The van der Waals surface area contributed by atoms with Crippen LogP contribution in [-0.4, -0.2) is 43.9 Å². The fraction of sp³-hybridized carbons (Fsp3) is 0.308. The highest BCUT2D eigenvalue weighted by Crippen LogP contribution is 2.37. The molecule has 0 radical (unpaired) electrons. The van der Waals surface area contributed by atoms with Crippen LogP contribution in [0.4, 0.5) is 23.2 Å². The molecular weight excluding hydrogens is 514 g/mol. The summed E-state index contributed by atoms with van der Waals surface area (Å²) in [6, 6.07) is 10.9. The second kappa shape index (κ2) is 10.8. The molecular formula is C26H24ClF4N3O3. The standard InChI is InChI=1S/C26H24ClF4N3O3/c1-32-21-9-8-20(34-24(21)14-3-7-19(28)18(27)11-14)17(26(29,30)31)13-33-25(35)15-4-10-22(23(12-15)36-2)37-16-5-6-16/h3-4,7-12,16-17,32H,5-6,13H2,1-2H3,(H,33,35). The normalized spacial score (nSPS) is 14.1. The average molecular weight is 538 g/mol. The molecule has 6 nitrogen and oxygen atoms in total. The van der Waals surface area contributed by atoms with E-state index in [2.05, 4.69) is 15.6 Å². The maximum atomic E-state index is 14.1. The summed E-state index contributed by atoms with van der Waals surface area (Å²) in [5.74, 6) is -2.68. The Balaban J connectivity index is 1.57. The molecule has 1 atom stereocenters. The van der Waals surface area contributed by atoms with Gasteiger partial charge in [-0.25, -0.2) is 9.37 Å². The van der Waals surface area contributed by atoms with Crippen LogP contribution in [0.1, 0.15) is 34.8 Å². The van der Waals surface area contributed by atoms with E-state index in [-0.39, 0.29) is 28.1 Å². The predicted molar refractivity (Wildman–Crippen MR) is 132 cm³/mol. The lowest BCUT2D eigenvalue weighted by atomic mass is 10.0. The van der Waals surface area contributed by atoms with Crippen molar-refractivity contribution < 1.29 is 31.8 Å². The second-order valence-corrected chi connectivity index (χ2v) is 8.91. The Morgan fingerprint density at radius 3 is 2.51 bits per heavy atom. The maximum Gasteiger partial charge on any atom is 0.398 e. The first kappa shape index (κ1) is 26.5. The number of alkyl halides is 3. The summed E-state index contributed by atoms with van der Waals surface area (Å²) in [4.78, 5) is 16.9. The lowest BCUT2D eigenvalue weighted by molar-refractivity contribution is -0.149. The first-order chi connectivity index (χ1) is 17.6. The highest BCUT2D eigenvalue weighted by atomic mass is 35.5. The van der Waals surface area contributed by atoms with E-state index in [9.17, 15) is 22.4 Å². The Hall–Kier alpha value is -3.53. The Morgan fingerprint density at radius 2 is 1.89 bits per heavy atom. The van der Waals surface area contributed by atoms with Crippen molar-refractivity contribution in [2.45, 2.75) is 31.0 Å². The van der Waals surface area contributed by atoms with Crippen LogP contribution in [0, 0.1) is 5.82 Å². The molecule has 1 unspecified atom stereocenters. The minimum Gasteiger partial charge on any atom is -0.493 e. The molecule has 1 amide bonds. The zero-order valence-corrected chi connectivity index (χ0v) is 20.7. The van der Waals surface area contributed by atoms with E-state index in [0.717, 1.165) is 18.9 Å². The summed E-state index contributed by atoms with van der Waals surface area (Å²) >= 11 is 5.87. The monoisotopic (exact) mass is 537 g/mol. The summed E-state index contributed by atoms with van der Waals surface area (Å²) in [7, 11) is 3.00. The fourth-order valence-corrected chi connectivity index (χ4v) is 3.87. The first-order valence-electron chi connectivity index (χ1n) is 11.4. The zero-order valence-electron chi connectivity index (χ0n) is 20.0. The van der Waals surface area contributed by atoms with Crippen molar-refractivity contribution in [1.82, 2.24) is 10.3 Å². The van der Waals surface area contributed by atoms with Crippen LogP contribution in [0.25, 0.3) is 11.3 Å². The zero-order chi connectivity index (χ0) is 26.7. The van der Waals surface area contributed by atoms with Crippen molar-refractivity contribution in [3.05, 3.63) is 70.6 Å². The molecule has 0 bridgehead atoms. The minimum absolute atomic E-state index is 0.110. The number of hydrogen-bond donors (Lipinski definition) is 2. The SMILES string of the molecule is CNc1ccc(C(CNC(=O)c2ccc(OC3CC3)c(OC)c2)C(F)(F)F)nc1-c1ccc(F)c(Cl)c1. The molecule has 2 N–H and O–H groups in total. The number of carbonyl (C=O) groups excluding carboxylic acids is 1. The van der Waals surface area contributed by atoms with Crippen molar-refractivity contribution in [2.24, 2.45) is 0 Å². The van der Waals surface area contributed by atoms with E-state index in [1.807, 2.05) is 0 Å². The van der Waals surface area contributed by atoms with Gasteiger partial charge in [0.25, 0.3) is 5.91 Å². The number of benzene rings is 2. The van der Waals surface area contributed by atoms with Crippen molar-refractivity contribution in [1.29, 1.82) is 0 Å². The van der Waals surface area contributed by atoms with Gasteiger partial charge in [0.15, 0.2) is 11.5 Å². The summed E-state index contributed by atoms with van der Waals surface area (Å²) in [5.41, 5.74) is 0.743. The van der Waals surface area contributed by atoms with E-state index in [0.29, 0.717) is 22.7 Å². The van der Waals surface area contributed by atoms with Crippen LogP contribution < -0.4 is 20.1 Å². The highest BCUT2D eigenvalue weighted by molar-refractivity contribution is 6.31. The van der Waals surface area contributed by atoms with E-state index in [4.69, 9.17) is 21.1 Å². The number of carbonyl (C=O) groups is 1. The molecule has 1 aromatic heterocycles. The molecule has 196 valence electrons. The number of rotatable bonds is 9. The van der Waals surface area contributed by atoms with Crippen molar-refractivity contribution in [3.63, 3.8) is 0 Å². The van der Waals surface area contributed by atoms with Crippen LogP contribution in [0.3, 0.4) is 0 Å². The van der Waals surface area contributed by atoms with Gasteiger partial charge in [0.1, 0.15) is 11.7 Å². The number of nitrogens with one attached hydrogen (secondary N) is 2. The number of hydrogen-bond acceptors (Lipinski definition) is 5. The molecule has 2 aromatic carbocycles. The summed E-state index contributed by atoms with van der Waals surface area (Å²) in [6.07, 6.45) is -2.73. The Bertz CT molecular complexity index is 1300. The smallest absolute Gasteiger partial charge is 0.398 e. The quantitative estimate of drug-likeness (QED) is 0.318. The van der Waals surface area contributed by atoms with E-state index >= 15 is 0 Å². The molecule has 3 aromatic rings. The fourth-order valence-electron chi connectivity index (χ4n) is 3.69.